The predicted octanol–water partition coefficient (Wildman–Crippen LogP) is 1.83. The Labute approximate surface area is 101 Å². The number of benzene rings is 1. The normalized spacial score (nSPS) is 12.2. The third kappa shape index (κ3) is 3.32. The first-order valence-electron chi connectivity index (χ1n) is 5.18. The molecule has 0 radical (unpaired) electrons. The van der Waals surface area contributed by atoms with Gasteiger partial charge < -0.3 is 13.3 Å². The van der Waals surface area contributed by atoms with E-state index in [4.69, 9.17) is 13.3 Å². The molecular weight excluding hydrogens is 246 g/mol. The standard InChI is InChI=1S/C11H16F2O3Si/c1-8(2)16-17(14-3,15-4)11-6-9(12)5-10(13)7-11/h5-8H,1-4H3. The monoisotopic (exact) mass is 262 g/mol. The lowest BCUT2D eigenvalue weighted by atomic mass is 10.3. The minimum atomic E-state index is -3.23. The van der Waals surface area contributed by atoms with Crippen LogP contribution in [0.2, 0.25) is 0 Å². The molecule has 0 atom stereocenters. The fourth-order valence-corrected chi connectivity index (χ4v) is 3.74. The summed E-state index contributed by atoms with van der Waals surface area (Å²) in [6, 6.07) is 3.14. The molecule has 0 aliphatic rings. The van der Waals surface area contributed by atoms with Gasteiger partial charge in [0, 0.05) is 31.6 Å². The maximum absolute atomic E-state index is 13.2. The fraction of sp³-hybridized carbons (Fsp3) is 0.455. The second-order valence-corrected chi connectivity index (χ2v) is 6.53. The molecule has 1 aromatic rings. The molecule has 17 heavy (non-hydrogen) atoms. The third-order valence-electron chi connectivity index (χ3n) is 2.14. The third-order valence-corrected chi connectivity index (χ3v) is 5.00. The van der Waals surface area contributed by atoms with Crippen molar-refractivity contribution in [1.29, 1.82) is 0 Å². The molecule has 0 heterocycles. The summed E-state index contributed by atoms with van der Waals surface area (Å²) in [5.74, 6) is -1.36. The quantitative estimate of drug-likeness (QED) is 0.758. The highest BCUT2D eigenvalue weighted by molar-refractivity contribution is 6.75. The molecule has 6 heteroatoms. The first-order chi connectivity index (χ1) is 7.93. The second kappa shape index (κ2) is 5.68. The molecule has 0 aromatic heterocycles. The van der Waals surface area contributed by atoms with Crippen molar-refractivity contribution in [3.8, 4) is 0 Å². The Balaban J connectivity index is 3.20. The van der Waals surface area contributed by atoms with E-state index in [9.17, 15) is 8.78 Å². The number of hydrogen-bond acceptors (Lipinski definition) is 3. The van der Waals surface area contributed by atoms with E-state index < -0.39 is 20.4 Å². The van der Waals surface area contributed by atoms with E-state index in [1.165, 1.54) is 26.4 Å². The van der Waals surface area contributed by atoms with Crippen LogP contribution in [0.3, 0.4) is 0 Å². The first-order valence-corrected chi connectivity index (χ1v) is 6.90. The van der Waals surface area contributed by atoms with E-state index in [0.29, 0.717) is 0 Å². The van der Waals surface area contributed by atoms with Crippen LogP contribution in [-0.2, 0) is 13.3 Å². The molecule has 3 nitrogen and oxygen atoms in total. The largest absolute Gasteiger partial charge is 0.537 e. The predicted molar refractivity (Wildman–Crippen MR) is 62.0 cm³/mol. The molecule has 1 aromatic carbocycles. The summed E-state index contributed by atoms with van der Waals surface area (Å²) in [4.78, 5) is 0. The molecule has 0 aliphatic heterocycles. The van der Waals surface area contributed by atoms with Crippen molar-refractivity contribution < 1.29 is 22.1 Å². The topological polar surface area (TPSA) is 27.7 Å². The van der Waals surface area contributed by atoms with Gasteiger partial charge in [-0.3, -0.25) is 0 Å². The molecule has 0 unspecified atom stereocenters. The Morgan fingerprint density at radius 2 is 1.47 bits per heavy atom. The molecule has 0 bridgehead atoms. The molecule has 1 rings (SSSR count). The molecule has 0 saturated carbocycles. The van der Waals surface area contributed by atoms with E-state index in [-0.39, 0.29) is 11.3 Å². The SMILES string of the molecule is CO[Si](OC)(OC(C)C)c1cc(F)cc(F)c1. The lowest BCUT2D eigenvalue weighted by Gasteiger charge is -2.28. The summed E-state index contributed by atoms with van der Waals surface area (Å²) in [6.45, 7) is 3.60. The van der Waals surface area contributed by atoms with Crippen LogP contribution in [0.1, 0.15) is 13.8 Å². The van der Waals surface area contributed by atoms with Gasteiger partial charge in [-0.15, -0.1) is 0 Å². The van der Waals surface area contributed by atoms with Gasteiger partial charge in [0.25, 0.3) is 0 Å². The van der Waals surface area contributed by atoms with Gasteiger partial charge >= 0.3 is 8.80 Å². The Morgan fingerprint density at radius 3 is 1.82 bits per heavy atom. The molecular formula is C11H16F2O3Si. The van der Waals surface area contributed by atoms with Crippen molar-refractivity contribution in [2.75, 3.05) is 14.2 Å². The Kier molecular flexibility index (Phi) is 4.76. The van der Waals surface area contributed by atoms with E-state index in [1.54, 1.807) is 13.8 Å². The van der Waals surface area contributed by atoms with Gasteiger partial charge in [-0.05, 0) is 26.0 Å². The number of halogens is 2. The van der Waals surface area contributed by atoms with Crippen LogP contribution in [-0.4, -0.2) is 29.1 Å². The molecule has 96 valence electrons. The lowest BCUT2D eigenvalue weighted by Crippen LogP contribution is -2.56. The Morgan fingerprint density at radius 1 is 1.00 bits per heavy atom. The van der Waals surface area contributed by atoms with Gasteiger partial charge in [-0.25, -0.2) is 8.78 Å². The first kappa shape index (κ1) is 14.2. The zero-order valence-electron chi connectivity index (χ0n) is 10.3. The van der Waals surface area contributed by atoms with Crippen LogP contribution in [0, 0.1) is 11.6 Å². The highest BCUT2D eigenvalue weighted by Gasteiger charge is 2.43. The summed E-state index contributed by atoms with van der Waals surface area (Å²) in [6.07, 6.45) is -0.173. The molecule has 0 amide bonds. The average Bonchev–Trinajstić information content (AvgIpc) is 2.24. The zero-order valence-corrected chi connectivity index (χ0v) is 11.3. The molecule has 0 N–H and O–H groups in total. The van der Waals surface area contributed by atoms with Crippen molar-refractivity contribution in [2.45, 2.75) is 20.0 Å². The van der Waals surface area contributed by atoms with Crippen LogP contribution in [0.5, 0.6) is 0 Å². The summed E-state index contributed by atoms with van der Waals surface area (Å²) < 4.78 is 42.5. The molecule has 0 spiro atoms. The van der Waals surface area contributed by atoms with E-state index in [1.807, 2.05) is 0 Å². The van der Waals surface area contributed by atoms with Gasteiger partial charge in [0.1, 0.15) is 11.6 Å². The maximum Gasteiger partial charge on any atom is 0.537 e. The molecule has 0 aliphatic carbocycles. The fourth-order valence-electron chi connectivity index (χ4n) is 1.52. The van der Waals surface area contributed by atoms with Crippen LogP contribution >= 0.6 is 0 Å². The van der Waals surface area contributed by atoms with E-state index in [2.05, 4.69) is 0 Å². The smallest absolute Gasteiger partial charge is 0.373 e. The summed E-state index contributed by atoms with van der Waals surface area (Å²) in [7, 11) is -0.418. The van der Waals surface area contributed by atoms with Gasteiger partial charge in [-0.1, -0.05) is 0 Å². The highest BCUT2D eigenvalue weighted by atomic mass is 28.4. The van der Waals surface area contributed by atoms with Crippen molar-refractivity contribution in [3.63, 3.8) is 0 Å². The van der Waals surface area contributed by atoms with Crippen molar-refractivity contribution in [1.82, 2.24) is 0 Å². The van der Waals surface area contributed by atoms with Crippen molar-refractivity contribution in [3.05, 3.63) is 29.8 Å². The maximum atomic E-state index is 13.2. The van der Waals surface area contributed by atoms with E-state index >= 15 is 0 Å². The molecule has 0 saturated heterocycles. The van der Waals surface area contributed by atoms with Gasteiger partial charge in [0.2, 0.25) is 0 Å². The summed E-state index contributed by atoms with van der Waals surface area (Å²) in [5.41, 5.74) is 0. The van der Waals surface area contributed by atoms with Crippen LogP contribution in [0.4, 0.5) is 8.78 Å². The van der Waals surface area contributed by atoms with Crippen LogP contribution in [0.25, 0.3) is 0 Å². The minimum Gasteiger partial charge on any atom is -0.373 e. The highest BCUT2D eigenvalue weighted by Crippen LogP contribution is 2.13. The van der Waals surface area contributed by atoms with Gasteiger partial charge in [-0.2, -0.15) is 0 Å². The lowest BCUT2D eigenvalue weighted by molar-refractivity contribution is 0.0837. The van der Waals surface area contributed by atoms with E-state index in [0.717, 1.165) is 6.07 Å². The second-order valence-electron chi connectivity index (χ2n) is 3.79. The van der Waals surface area contributed by atoms with Gasteiger partial charge in [0.05, 0.1) is 0 Å². The average molecular weight is 262 g/mol. The summed E-state index contributed by atoms with van der Waals surface area (Å²) >= 11 is 0. The number of rotatable bonds is 5. The van der Waals surface area contributed by atoms with Crippen LogP contribution in [0.15, 0.2) is 18.2 Å². The molecule has 0 fully saturated rings. The van der Waals surface area contributed by atoms with Crippen LogP contribution < -0.4 is 5.19 Å². The van der Waals surface area contributed by atoms with Crippen molar-refractivity contribution in [2.24, 2.45) is 0 Å². The number of hydrogen-bond donors (Lipinski definition) is 0. The zero-order chi connectivity index (χ0) is 13.1. The Bertz CT molecular complexity index is 361. The van der Waals surface area contributed by atoms with Crippen molar-refractivity contribution >= 4 is 14.0 Å². The Hall–Kier alpha value is -0.823. The summed E-state index contributed by atoms with van der Waals surface area (Å²) in [5, 5.41) is 0.272. The van der Waals surface area contributed by atoms with Gasteiger partial charge in [0.15, 0.2) is 0 Å². The minimum absolute atomic E-state index is 0.173.